The number of fused-ring (bicyclic) bond motifs is 6. The smallest absolute Gasteiger partial charge is 0.171 e. The van der Waals surface area contributed by atoms with Gasteiger partial charge in [-0.3, -0.25) is 0 Å². The van der Waals surface area contributed by atoms with Crippen LogP contribution in [0.3, 0.4) is 0 Å². The van der Waals surface area contributed by atoms with Gasteiger partial charge >= 0.3 is 0 Å². The molecule has 0 amide bonds. The third-order valence-corrected chi connectivity index (χ3v) is 13.8. The van der Waals surface area contributed by atoms with E-state index in [4.69, 9.17) is 9.47 Å². The maximum absolute atomic E-state index is 15.5. The van der Waals surface area contributed by atoms with Crippen LogP contribution < -0.4 is 25.4 Å². The largest absolute Gasteiger partial charge is 0.449 e. The molecule has 3 heterocycles. The van der Waals surface area contributed by atoms with Crippen molar-refractivity contribution in [1.82, 2.24) is 4.57 Å². The Labute approximate surface area is 297 Å². The van der Waals surface area contributed by atoms with Gasteiger partial charge in [-0.1, -0.05) is 108 Å². The van der Waals surface area contributed by atoms with Crippen LogP contribution in [0.1, 0.15) is 0 Å². The first-order chi connectivity index (χ1) is 25.1. The molecule has 7 aromatic carbocycles. The van der Waals surface area contributed by atoms with Gasteiger partial charge in [-0.05, 0) is 88.6 Å². The molecule has 0 fully saturated rings. The van der Waals surface area contributed by atoms with Crippen LogP contribution in [0.5, 0.6) is 23.0 Å². The molecule has 0 bridgehead atoms. The molecule has 0 spiro atoms. The Morgan fingerprint density at radius 1 is 0.451 bits per heavy atom. The van der Waals surface area contributed by atoms with Crippen LogP contribution in [0.25, 0.3) is 49.4 Å². The van der Waals surface area contributed by atoms with Crippen molar-refractivity contribution in [3.63, 3.8) is 0 Å². The van der Waals surface area contributed by atoms with E-state index in [9.17, 15) is 0 Å². The Morgan fingerprint density at radius 2 is 1.00 bits per heavy atom. The summed E-state index contributed by atoms with van der Waals surface area (Å²) in [7, 11) is -3.06. The predicted molar refractivity (Wildman–Crippen MR) is 212 cm³/mol. The summed E-state index contributed by atoms with van der Waals surface area (Å²) >= 11 is 0. The first kappa shape index (κ1) is 29.9. The molecule has 10 rings (SSSR count). The molecule has 1 aliphatic rings. The molecular weight excluding hydrogens is 662 g/mol. The number of benzene rings is 7. The molecule has 1 unspecified atom stereocenters. The SMILES string of the molecule is O=P(c1ccccc1)(c1cc[siH]cc1)c1ccc2c(c1)c1cc(-c3ccc4c(c3)Oc3cc5ccccc5cc3O4)ccc1n2-c1ccccc1. The van der Waals surface area contributed by atoms with E-state index in [0.717, 1.165) is 65.3 Å². The number of rotatable bonds is 5. The minimum atomic E-state index is -3.15. The molecule has 6 heteroatoms. The van der Waals surface area contributed by atoms with Gasteiger partial charge in [0.2, 0.25) is 0 Å². The lowest BCUT2D eigenvalue weighted by Gasteiger charge is -2.22. The molecule has 4 nitrogen and oxygen atoms in total. The van der Waals surface area contributed by atoms with Gasteiger partial charge in [0.1, 0.15) is 0 Å². The van der Waals surface area contributed by atoms with Gasteiger partial charge in [0.15, 0.2) is 30.1 Å². The number of nitrogens with zero attached hydrogens (tertiary/aromatic N) is 1. The summed E-state index contributed by atoms with van der Waals surface area (Å²) in [6, 6.07) is 55.9. The molecular formula is C45H30NO3PSi. The first-order valence-electron chi connectivity index (χ1n) is 17.0. The average Bonchev–Trinajstić information content (AvgIpc) is 3.52. The van der Waals surface area contributed by atoms with Crippen molar-refractivity contribution in [1.29, 1.82) is 0 Å². The van der Waals surface area contributed by atoms with Crippen LogP contribution in [0.15, 0.2) is 175 Å². The highest BCUT2D eigenvalue weighted by Gasteiger charge is 2.30. The zero-order valence-corrected chi connectivity index (χ0v) is 29.5. The van der Waals surface area contributed by atoms with Crippen LogP contribution in [0.4, 0.5) is 0 Å². The minimum Gasteiger partial charge on any atom is -0.449 e. The monoisotopic (exact) mass is 691 g/mol. The lowest BCUT2D eigenvalue weighted by atomic mass is 10.0. The van der Waals surface area contributed by atoms with Gasteiger partial charge in [0, 0.05) is 41.5 Å². The maximum atomic E-state index is 15.5. The fraction of sp³-hybridized carbons (Fsp3) is 0. The summed E-state index contributed by atoms with van der Waals surface area (Å²) < 4.78 is 30.5. The van der Waals surface area contributed by atoms with E-state index in [1.165, 1.54) is 0 Å². The van der Waals surface area contributed by atoms with Crippen LogP contribution in [-0.2, 0) is 4.57 Å². The minimum absolute atomic E-state index is 0.0901. The second-order valence-electron chi connectivity index (χ2n) is 12.9. The Morgan fingerprint density at radius 3 is 1.73 bits per heavy atom. The average molecular weight is 692 g/mol. The predicted octanol–water partition coefficient (Wildman–Crippen LogP) is 10.2. The van der Waals surface area contributed by atoms with Crippen molar-refractivity contribution in [3.8, 4) is 39.8 Å². The van der Waals surface area contributed by atoms with E-state index in [1.807, 2.05) is 66.7 Å². The van der Waals surface area contributed by atoms with Gasteiger partial charge in [-0.2, -0.15) is 0 Å². The molecule has 2 aromatic heterocycles. The number of aromatic nitrogens is 1. The highest BCUT2D eigenvalue weighted by atomic mass is 31.2. The highest BCUT2D eigenvalue weighted by molar-refractivity contribution is 7.85. The summed E-state index contributed by atoms with van der Waals surface area (Å²) in [6.45, 7) is 0. The third-order valence-electron chi connectivity index (χ3n) is 9.90. The molecule has 0 N–H and O–H groups in total. The van der Waals surface area contributed by atoms with E-state index < -0.39 is 7.14 Å². The summed E-state index contributed by atoms with van der Waals surface area (Å²) in [5.41, 5.74) is 9.63. The molecule has 0 aliphatic carbocycles. The number of ether oxygens (including phenoxy) is 2. The molecule has 0 radical (unpaired) electrons. The third kappa shape index (κ3) is 4.89. The fourth-order valence-electron chi connectivity index (χ4n) is 7.41. The van der Waals surface area contributed by atoms with Crippen LogP contribution in [0, 0.1) is 0 Å². The van der Waals surface area contributed by atoms with Crippen molar-refractivity contribution in [2.45, 2.75) is 0 Å². The van der Waals surface area contributed by atoms with E-state index in [-0.39, 0.29) is 9.12 Å². The second kappa shape index (κ2) is 11.8. The zero-order valence-electron chi connectivity index (χ0n) is 27.4. The Bertz CT molecular complexity index is 2790. The van der Waals surface area contributed by atoms with Crippen LogP contribution >= 0.6 is 7.14 Å². The quantitative estimate of drug-likeness (QED) is 0.133. The van der Waals surface area contributed by atoms with Gasteiger partial charge in [-0.25, -0.2) is 0 Å². The van der Waals surface area contributed by atoms with Gasteiger partial charge in [-0.15, -0.1) is 0 Å². The highest BCUT2D eigenvalue weighted by Crippen LogP contribution is 2.49. The molecule has 0 saturated carbocycles. The molecule has 0 saturated heterocycles. The molecule has 1 atom stereocenters. The molecule has 242 valence electrons. The number of hydrogen-bond acceptors (Lipinski definition) is 3. The molecule has 9 aromatic rings. The standard InChI is InChI=1S/C45H30NO3PSi/c47-50(35-13-5-2-6-14-35,36-21-23-51-24-22-36)37-17-19-41-39(29-37)38-25-32(15-18-40(38)46(41)34-11-3-1-4-12-34)33-16-20-42-43(28-33)49-45-27-31-10-8-7-9-30(31)26-44(45)48-42/h1-29,51H. The van der Waals surface area contributed by atoms with Gasteiger partial charge in [0.05, 0.1) is 11.0 Å². The van der Waals surface area contributed by atoms with Crippen molar-refractivity contribution < 1.29 is 14.0 Å². The topological polar surface area (TPSA) is 40.5 Å². The first-order valence-corrected chi connectivity index (χ1v) is 20.1. The molecule has 1 aliphatic heterocycles. The van der Waals surface area contributed by atoms with E-state index >= 15 is 4.57 Å². The van der Waals surface area contributed by atoms with Crippen molar-refractivity contribution in [3.05, 3.63) is 175 Å². The van der Waals surface area contributed by atoms with E-state index in [1.54, 1.807) is 0 Å². The van der Waals surface area contributed by atoms with Crippen LogP contribution in [0.2, 0.25) is 0 Å². The van der Waals surface area contributed by atoms with E-state index in [0.29, 0.717) is 23.0 Å². The summed E-state index contributed by atoms with van der Waals surface area (Å²) in [6.07, 6.45) is 0. The van der Waals surface area contributed by atoms with E-state index in [2.05, 4.69) is 113 Å². The Hall–Kier alpha value is -6.00. The number of para-hydroxylation sites is 1. The maximum Gasteiger partial charge on any atom is 0.171 e. The van der Waals surface area contributed by atoms with Crippen molar-refractivity contribution in [2.75, 3.05) is 0 Å². The lowest BCUT2D eigenvalue weighted by Crippen LogP contribution is -2.25. The molecule has 51 heavy (non-hydrogen) atoms. The summed E-state index contributed by atoms with van der Waals surface area (Å²) in [5.74, 6) is 2.79. The lowest BCUT2D eigenvalue weighted by molar-refractivity contribution is 0.360. The van der Waals surface area contributed by atoms with Crippen molar-refractivity contribution >= 4 is 64.8 Å². The fourth-order valence-corrected chi connectivity index (χ4v) is 11.2. The van der Waals surface area contributed by atoms with Crippen molar-refractivity contribution in [2.24, 2.45) is 0 Å². The zero-order chi connectivity index (χ0) is 33.9. The summed E-state index contributed by atoms with van der Waals surface area (Å²) in [5, 5.41) is 6.88. The normalized spacial score (nSPS) is 13.3. The Balaban J connectivity index is 1.15. The van der Waals surface area contributed by atoms with Gasteiger partial charge < -0.3 is 18.6 Å². The summed E-state index contributed by atoms with van der Waals surface area (Å²) in [4.78, 5) is 0. The Kier molecular flexibility index (Phi) is 6.92. The number of hydrogen-bond donors (Lipinski definition) is 0. The second-order valence-corrected chi connectivity index (χ2v) is 16.8. The van der Waals surface area contributed by atoms with Gasteiger partial charge in [0.25, 0.3) is 0 Å². The van der Waals surface area contributed by atoms with Crippen LogP contribution in [-0.4, -0.2) is 13.7 Å².